The molecule has 0 spiro atoms. The molecule has 40 heavy (non-hydrogen) atoms. The van der Waals surface area contributed by atoms with Gasteiger partial charge in [-0.1, -0.05) is 127 Å². The van der Waals surface area contributed by atoms with Crippen LogP contribution in [0, 0.1) is 0 Å². The molecule has 0 saturated heterocycles. The largest absolute Gasteiger partial charge is 0.450 e. The Morgan fingerprint density at radius 1 is 0.425 bits per heavy atom. The van der Waals surface area contributed by atoms with Gasteiger partial charge in [-0.2, -0.15) is 0 Å². The topological polar surface area (TPSA) is 36.9 Å². The highest BCUT2D eigenvalue weighted by Gasteiger charge is 2.23. The average Bonchev–Trinajstić information content (AvgIpc) is 2.96. The van der Waals surface area contributed by atoms with Gasteiger partial charge in [-0.3, -0.25) is 0 Å². The zero-order valence-electron chi connectivity index (χ0n) is 23.0. The molecular weight excluding hydrogens is 534 g/mol. The van der Waals surface area contributed by atoms with E-state index in [9.17, 15) is 0 Å². The number of hydrogen-bond acceptors (Lipinski definition) is 4. The van der Waals surface area contributed by atoms with E-state index in [1.54, 1.807) is 14.2 Å². The Labute approximate surface area is 246 Å². The third kappa shape index (κ3) is 9.72. The molecule has 0 amide bonds. The van der Waals surface area contributed by atoms with Gasteiger partial charge in [0, 0.05) is 25.0 Å². The van der Waals surface area contributed by atoms with E-state index in [-0.39, 0.29) is 43.8 Å². The summed E-state index contributed by atoms with van der Waals surface area (Å²) in [5, 5.41) is 0. The van der Waals surface area contributed by atoms with Crippen molar-refractivity contribution in [2.45, 2.75) is 53.4 Å². The summed E-state index contributed by atoms with van der Waals surface area (Å²) in [5.41, 5.74) is 5.13. The van der Waals surface area contributed by atoms with Crippen LogP contribution < -0.4 is 9.05 Å². The summed E-state index contributed by atoms with van der Waals surface area (Å²) in [6.45, 7) is 8.93. The molecule has 0 bridgehead atoms. The number of benzene rings is 4. The first-order valence-electron chi connectivity index (χ1n) is 12.5. The third-order valence-corrected chi connectivity index (χ3v) is 7.60. The maximum absolute atomic E-state index is 5.43. The zero-order valence-corrected chi connectivity index (χ0v) is 25.0. The molecule has 4 aromatic rings. The fourth-order valence-corrected chi connectivity index (χ4v) is 4.73. The van der Waals surface area contributed by atoms with Crippen LogP contribution in [0.15, 0.2) is 109 Å². The Morgan fingerprint density at radius 3 is 0.975 bits per heavy atom. The minimum absolute atomic E-state index is 0. The van der Waals surface area contributed by atoms with Crippen molar-refractivity contribution in [2.75, 3.05) is 14.2 Å². The van der Waals surface area contributed by atoms with Crippen molar-refractivity contribution in [3.8, 4) is 11.5 Å². The van der Waals surface area contributed by atoms with Crippen molar-refractivity contribution in [2.24, 2.45) is 0 Å². The normalized spacial score (nSPS) is 11.3. The number of hydrogen-bond donors (Lipinski definition) is 0. The van der Waals surface area contributed by atoms with E-state index in [1.165, 1.54) is 22.3 Å². The molecule has 4 rings (SSSR count). The highest BCUT2D eigenvalue weighted by atomic mass is 31.1. The standard InChI is InChI=1S/2C16H19O2P.2CH4/c2*1-16(2,13-7-5-4-6-8-13)14-9-11-15(12-10-14)18-19-17-3;;/h2*4-12,19H,1-3H3;2*1H4. The second kappa shape index (κ2) is 17.2. The fourth-order valence-electron chi connectivity index (χ4n) is 4.10. The summed E-state index contributed by atoms with van der Waals surface area (Å²) < 4.78 is 20.7. The van der Waals surface area contributed by atoms with Gasteiger partial charge < -0.3 is 18.1 Å². The van der Waals surface area contributed by atoms with Gasteiger partial charge in [0.2, 0.25) is 18.1 Å². The molecule has 0 aliphatic heterocycles. The molecule has 4 nitrogen and oxygen atoms in total. The van der Waals surface area contributed by atoms with Crippen molar-refractivity contribution >= 4 is 18.1 Å². The molecule has 0 heterocycles. The second-order valence-electron chi connectivity index (χ2n) is 9.81. The lowest BCUT2D eigenvalue weighted by Gasteiger charge is -2.26. The van der Waals surface area contributed by atoms with E-state index in [0.717, 1.165) is 11.5 Å². The second-order valence-corrected chi connectivity index (χ2v) is 11.4. The van der Waals surface area contributed by atoms with E-state index in [1.807, 2.05) is 36.4 Å². The summed E-state index contributed by atoms with van der Waals surface area (Å²) >= 11 is 0. The summed E-state index contributed by atoms with van der Waals surface area (Å²) in [6.07, 6.45) is 0. The summed E-state index contributed by atoms with van der Waals surface area (Å²) in [4.78, 5) is 0. The first-order chi connectivity index (χ1) is 18.3. The molecule has 0 aliphatic carbocycles. The Bertz CT molecular complexity index is 1110. The maximum atomic E-state index is 5.43. The highest BCUT2D eigenvalue weighted by Crippen LogP contribution is 2.34. The van der Waals surface area contributed by atoms with Crippen molar-refractivity contribution in [1.29, 1.82) is 0 Å². The minimum Gasteiger partial charge on any atom is -0.450 e. The molecule has 0 saturated carbocycles. The minimum atomic E-state index is -0.0106. The van der Waals surface area contributed by atoms with Gasteiger partial charge in [0.1, 0.15) is 11.5 Å². The van der Waals surface area contributed by atoms with Crippen LogP contribution in [0.3, 0.4) is 0 Å². The van der Waals surface area contributed by atoms with Crippen LogP contribution in [0.25, 0.3) is 0 Å². The molecule has 216 valence electrons. The Morgan fingerprint density at radius 2 is 0.700 bits per heavy atom. The molecule has 2 unspecified atom stereocenters. The summed E-state index contributed by atoms with van der Waals surface area (Å²) in [5.74, 6) is 1.68. The molecule has 2 atom stereocenters. The van der Waals surface area contributed by atoms with Gasteiger partial charge in [-0.05, 0) is 46.5 Å². The molecule has 6 heteroatoms. The molecule has 4 aromatic carbocycles. The van der Waals surface area contributed by atoms with Crippen molar-refractivity contribution in [1.82, 2.24) is 0 Å². The Balaban J connectivity index is 0.000000381. The van der Waals surface area contributed by atoms with Crippen LogP contribution in [-0.4, -0.2) is 14.2 Å². The first kappa shape index (κ1) is 35.3. The van der Waals surface area contributed by atoms with Gasteiger partial charge in [0.05, 0.1) is 0 Å². The third-order valence-electron chi connectivity index (χ3n) is 6.63. The molecule has 0 aromatic heterocycles. The van der Waals surface area contributed by atoms with Gasteiger partial charge in [-0.25, -0.2) is 0 Å². The molecule has 0 aliphatic rings. The van der Waals surface area contributed by atoms with Crippen molar-refractivity contribution in [3.63, 3.8) is 0 Å². The lowest BCUT2D eigenvalue weighted by molar-refractivity contribution is 0.416. The van der Waals surface area contributed by atoms with Crippen LogP contribution >= 0.6 is 18.1 Å². The number of rotatable bonds is 10. The molecule has 0 N–H and O–H groups in total. The van der Waals surface area contributed by atoms with Gasteiger partial charge in [0.15, 0.2) is 0 Å². The summed E-state index contributed by atoms with van der Waals surface area (Å²) in [6, 6.07) is 37.5. The predicted octanol–water partition coefficient (Wildman–Crippen LogP) is 10.4. The lowest BCUT2D eigenvalue weighted by Crippen LogP contribution is -2.18. The van der Waals surface area contributed by atoms with Gasteiger partial charge >= 0.3 is 0 Å². The van der Waals surface area contributed by atoms with Crippen LogP contribution in [0.2, 0.25) is 0 Å². The Hall–Kier alpha value is -2.74. The van der Waals surface area contributed by atoms with E-state index >= 15 is 0 Å². The van der Waals surface area contributed by atoms with Crippen LogP contribution in [0.5, 0.6) is 11.5 Å². The quantitative estimate of drug-likeness (QED) is 0.175. The molecule has 0 radical (unpaired) electrons. The van der Waals surface area contributed by atoms with Crippen LogP contribution in [0.4, 0.5) is 0 Å². The highest BCUT2D eigenvalue weighted by molar-refractivity contribution is 7.26. The maximum Gasteiger partial charge on any atom is 0.215 e. The average molecular weight is 581 g/mol. The van der Waals surface area contributed by atoms with E-state index in [2.05, 4.69) is 100 Å². The monoisotopic (exact) mass is 580 g/mol. The van der Waals surface area contributed by atoms with E-state index in [0.29, 0.717) is 0 Å². The zero-order chi connectivity index (χ0) is 27.4. The SMILES string of the molecule is C.C.COPOc1ccc(C(C)(C)c2ccccc2)cc1.COPOc1ccc(C(C)(C)c2ccccc2)cc1. The summed E-state index contributed by atoms with van der Waals surface area (Å²) in [7, 11) is 3.36. The van der Waals surface area contributed by atoms with Gasteiger partial charge in [0.25, 0.3) is 0 Å². The predicted molar refractivity (Wildman–Crippen MR) is 175 cm³/mol. The van der Waals surface area contributed by atoms with E-state index in [4.69, 9.17) is 18.1 Å². The van der Waals surface area contributed by atoms with Crippen LogP contribution in [-0.2, 0) is 19.9 Å². The molecular formula is C34H46O4P2. The van der Waals surface area contributed by atoms with Crippen molar-refractivity contribution < 1.29 is 18.1 Å². The van der Waals surface area contributed by atoms with Crippen LogP contribution in [0.1, 0.15) is 64.8 Å². The van der Waals surface area contributed by atoms with Crippen molar-refractivity contribution in [3.05, 3.63) is 131 Å². The smallest absolute Gasteiger partial charge is 0.215 e. The lowest BCUT2D eigenvalue weighted by atomic mass is 9.78. The fraction of sp³-hybridized carbons (Fsp3) is 0.294. The Kier molecular flexibility index (Phi) is 15.1. The first-order valence-corrected chi connectivity index (χ1v) is 14.1. The van der Waals surface area contributed by atoms with Gasteiger partial charge in [-0.15, -0.1) is 0 Å². The molecule has 0 fully saturated rings. The van der Waals surface area contributed by atoms with E-state index < -0.39 is 0 Å².